The molecule has 1 aliphatic rings. The Balaban J connectivity index is 0.00000289. The Bertz CT molecular complexity index is 228. The molecule has 1 amide bonds. The van der Waals surface area contributed by atoms with Crippen molar-refractivity contribution in [2.45, 2.75) is 40.5 Å². The first-order valence-corrected chi connectivity index (χ1v) is 7.00. The Hall–Kier alpha value is -0.280. The van der Waals surface area contributed by atoms with Gasteiger partial charge in [0.2, 0.25) is 5.91 Å². The third-order valence-corrected chi connectivity index (χ3v) is 3.17. The number of carbonyl (C=O) groups is 1. The molecule has 1 saturated heterocycles. The third kappa shape index (κ3) is 6.05. The van der Waals surface area contributed by atoms with Gasteiger partial charge >= 0.3 is 0 Å². The lowest BCUT2D eigenvalue weighted by atomic mass is 9.95. The Morgan fingerprint density at radius 3 is 1.94 bits per heavy atom. The number of piperidine rings is 1. The largest absolute Gasteiger partial charge is 0.342 e. The van der Waals surface area contributed by atoms with Crippen molar-refractivity contribution in [1.29, 1.82) is 0 Å². The first-order valence-electron chi connectivity index (χ1n) is 7.00. The average Bonchev–Trinajstić information content (AvgIpc) is 2.27. The Morgan fingerprint density at radius 2 is 1.56 bits per heavy atom. The molecule has 0 aromatic carbocycles. The fraction of sp³-hybridized carbons (Fsp3) is 0.929. The van der Waals surface area contributed by atoms with Crippen LogP contribution >= 0.6 is 12.4 Å². The van der Waals surface area contributed by atoms with Gasteiger partial charge in [0.25, 0.3) is 0 Å². The maximum Gasteiger partial charge on any atom is 0.225 e. The van der Waals surface area contributed by atoms with E-state index in [9.17, 15) is 4.79 Å². The fourth-order valence-corrected chi connectivity index (χ4v) is 2.46. The van der Waals surface area contributed by atoms with Gasteiger partial charge in [-0.15, -0.1) is 12.4 Å². The van der Waals surface area contributed by atoms with Crippen LogP contribution < -0.4 is 5.32 Å². The molecule has 0 aromatic heterocycles. The van der Waals surface area contributed by atoms with Crippen molar-refractivity contribution in [2.24, 2.45) is 17.8 Å². The molecule has 0 aliphatic carbocycles. The molecule has 0 aromatic rings. The first kappa shape index (κ1) is 17.7. The van der Waals surface area contributed by atoms with Crippen molar-refractivity contribution < 1.29 is 4.79 Å². The lowest BCUT2D eigenvalue weighted by Crippen LogP contribution is -2.43. The maximum absolute atomic E-state index is 12.5. The zero-order valence-corrected chi connectivity index (χ0v) is 13.1. The predicted octanol–water partition coefficient (Wildman–Crippen LogP) is 2.55. The van der Waals surface area contributed by atoms with E-state index in [1.54, 1.807) is 0 Å². The molecule has 1 aliphatic heterocycles. The second-order valence-corrected chi connectivity index (χ2v) is 6.06. The van der Waals surface area contributed by atoms with Gasteiger partial charge in [-0.05, 0) is 37.8 Å². The predicted molar refractivity (Wildman–Crippen MR) is 79.1 cm³/mol. The quantitative estimate of drug-likeness (QED) is 0.837. The summed E-state index contributed by atoms with van der Waals surface area (Å²) in [5, 5.41) is 3.32. The van der Waals surface area contributed by atoms with Crippen LogP contribution in [0, 0.1) is 17.8 Å². The molecule has 1 heterocycles. The van der Waals surface area contributed by atoms with Gasteiger partial charge in [0, 0.05) is 19.0 Å². The molecule has 3 nitrogen and oxygen atoms in total. The molecule has 18 heavy (non-hydrogen) atoms. The van der Waals surface area contributed by atoms with Crippen LogP contribution in [0.15, 0.2) is 0 Å². The molecular formula is C14H29ClN2O. The number of nitrogens with one attached hydrogen (secondary N) is 1. The van der Waals surface area contributed by atoms with E-state index in [0.29, 0.717) is 17.7 Å². The topological polar surface area (TPSA) is 32.3 Å². The van der Waals surface area contributed by atoms with Crippen LogP contribution in [-0.2, 0) is 4.79 Å². The summed E-state index contributed by atoms with van der Waals surface area (Å²) in [5.41, 5.74) is 0. The van der Waals surface area contributed by atoms with Crippen LogP contribution in [0.4, 0.5) is 0 Å². The van der Waals surface area contributed by atoms with Crippen LogP contribution in [0.5, 0.6) is 0 Å². The molecule has 0 radical (unpaired) electrons. The van der Waals surface area contributed by atoms with Gasteiger partial charge in [-0.25, -0.2) is 0 Å². The summed E-state index contributed by atoms with van der Waals surface area (Å²) in [5.74, 6) is 1.75. The minimum absolute atomic E-state index is 0. The highest BCUT2D eigenvalue weighted by Crippen LogP contribution is 2.17. The summed E-state index contributed by atoms with van der Waals surface area (Å²) < 4.78 is 0. The molecule has 4 heteroatoms. The van der Waals surface area contributed by atoms with Gasteiger partial charge in [-0.3, -0.25) is 4.79 Å². The SMILES string of the molecule is CC(C)CN(CC(C)C)C(=O)C1CCNCC1.Cl. The normalized spacial score (nSPS) is 16.8. The monoisotopic (exact) mass is 276 g/mol. The van der Waals surface area contributed by atoms with Crippen molar-refractivity contribution >= 4 is 18.3 Å². The summed E-state index contributed by atoms with van der Waals surface area (Å²) in [6, 6.07) is 0. The van der Waals surface area contributed by atoms with E-state index < -0.39 is 0 Å². The molecule has 108 valence electrons. The van der Waals surface area contributed by atoms with Crippen molar-refractivity contribution in [3.63, 3.8) is 0 Å². The summed E-state index contributed by atoms with van der Waals surface area (Å²) >= 11 is 0. The molecule has 1 N–H and O–H groups in total. The van der Waals surface area contributed by atoms with Gasteiger partial charge in [0.05, 0.1) is 0 Å². The Labute approximate surface area is 118 Å². The standard InChI is InChI=1S/C14H28N2O.ClH/c1-11(2)9-16(10-12(3)4)14(17)13-5-7-15-8-6-13;/h11-13,15H,5-10H2,1-4H3;1H. The number of nitrogens with zero attached hydrogens (tertiary/aromatic N) is 1. The highest BCUT2D eigenvalue weighted by Gasteiger charge is 2.26. The third-order valence-electron chi connectivity index (χ3n) is 3.17. The highest BCUT2D eigenvalue weighted by molar-refractivity contribution is 5.85. The van der Waals surface area contributed by atoms with E-state index in [1.165, 1.54) is 0 Å². The van der Waals surface area contributed by atoms with Gasteiger partial charge in [-0.2, -0.15) is 0 Å². The summed E-state index contributed by atoms with van der Waals surface area (Å²) in [7, 11) is 0. The number of hydrogen-bond donors (Lipinski definition) is 1. The summed E-state index contributed by atoms with van der Waals surface area (Å²) in [6.07, 6.45) is 2.01. The van der Waals surface area contributed by atoms with Crippen LogP contribution in [0.3, 0.4) is 0 Å². The summed E-state index contributed by atoms with van der Waals surface area (Å²) in [4.78, 5) is 14.6. The molecule has 0 spiro atoms. The van der Waals surface area contributed by atoms with Crippen LogP contribution in [-0.4, -0.2) is 37.0 Å². The lowest BCUT2D eigenvalue weighted by Gasteiger charge is -2.32. The molecule has 0 bridgehead atoms. The zero-order chi connectivity index (χ0) is 12.8. The molecule has 1 rings (SSSR count). The van der Waals surface area contributed by atoms with Gasteiger partial charge in [0.15, 0.2) is 0 Å². The van der Waals surface area contributed by atoms with E-state index in [0.717, 1.165) is 39.0 Å². The van der Waals surface area contributed by atoms with Crippen LogP contribution in [0.1, 0.15) is 40.5 Å². The van der Waals surface area contributed by atoms with Crippen molar-refractivity contribution in [3.8, 4) is 0 Å². The van der Waals surface area contributed by atoms with Crippen molar-refractivity contribution in [2.75, 3.05) is 26.2 Å². The Morgan fingerprint density at radius 1 is 1.11 bits per heavy atom. The average molecular weight is 277 g/mol. The molecular weight excluding hydrogens is 248 g/mol. The number of halogens is 1. The van der Waals surface area contributed by atoms with Crippen molar-refractivity contribution in [3.05, 3.63) is 0 Å². The van der Waals surface area contributed by atoms with E-state index in [2.05, 4.69) is 37.9 Å². The fourth-order valence-electron chi connectivity index (χ4n) is 2.46. The van der Waals surface area contributed by atoms with E-state index in [-0.39, 0.29) is 18.3 Å². The molecule has 1 fully saturated rings. The minimum atomic E-state index is 0. The maximum atomic E-state index is 12.5. The smallest absolute Gasteiger partial charge is 0.225 e. The van der Waals surface area contributed by atoms with Crippen molar-refractivity contribution in [1.82, 2.24) is 10.2 Å². The number of rotatable bonds is 5. The molecule has 0 atom stereocenters. The number of carbonyl (C=O) groups excluding carboxylic acids is 1. The highest BCUT2D eigenvalue weighted by atomic mass is 35.5. The van der Waals surface area contributed by atoms with E-state index in [1.807, 2.05) is 0 Å². The van der Waals surface area contributed by atoms with Gasteiger partial charge < -0.3 is 10.2 Å². The van der Waals surface area contributed by atoms with Gasteiger partial charge in [-0.1, -0.05) is 27.7 Å². The van der Waals surface area contributed by atoms with E-state index >= 15 is 0 Å². The minimum Gasteiger partial charge on any atom is -0.342 e. The van der Waals surface area contributed by atoms with Crippen LogP contribution in [0.2, 0.25) is 0 Å². The Kier molecular flexibility index (Phi) is 8.62. The second kappa shape index (κ2) is 8.76. The van der Waals surface area contributed by atoms with Gasteiger partial charge in [0.1, 0.15) is 0 Å². The second-order valence-electron chi connectivity index (χ2n) is 6.06. The lowest BCUT2D eigenvalue weighted by molar-refractivity contribution is -0.137. The molecule has 0 saturated carbocycles. The summed E-state index contributed by atoms with van der Waals surface area (Å²) in [6.45, 7) is 12.5. The molecule has 0 unspecified atom stereocenters. The number of amides is 1. The van der Waals surface area contributed by atoms with E-state index in [4.69, 9.17) is 0 Å². The zero-order valence-electron chi connectivity index (χ0n) is 12.2. The number of hydrogen-bond acceptors (Lipinski definition) is 2. The first-order chi connectivity index (χ1) is 8.00. The van der Waals surface area contributed by atoms with Crippen LogP contribution in [0.25, 0.3) is 0 Å².